The Bertz CT molecular complexity index is 514. The molecule has 114 valence electrons. The van der Waals surface area contributed by atoms with Crippen molar-refractivity contribution in [2.75, 3.05) is 18.5 Å². The summed E-state index contributed by atoms with van der Waals surface area (Å²) in [5, 5.41) is 12.0. The first kappa shape index (κ1) is 15.5. The standard InChI is InChI=1S/C16H22N2O3/c1-12(20)13-5-4-6-14(11-13)17-16(21)18-9-3-2-7-15(18)8-10-19/h4-6,11,15,19H,2-3,7-10H2,1H3,(H,17,21). The first-order valence-corrected chi connectivity index (χ1v) is 7.41. The van der Waals surface area contributed by atoms with Crippen molar-refractivity contribution in [3.8, 4) is 0 Å². The second-order valence-corrected chi connectivity index (χ2v) is 5.42. The molecule has 2 N–H and O–H groups in total. The number of anilines is 1. The largest absolute Gasteiger partial charge is 0.396 e. The zero-order valence-electron chi connectivity index (χ0n) is 12.3. The van der Waals surface area contributed by atoms with Crippen LogP contribution in [0.3, 0.4) is 0 Å². The maximum Gasteiger partial charge on any atom is 0.322 e. The highest BCUT2D eigenvalue weighted by molar-refractivity contribution is 5.96. The molecule has 1 heterocycles. The summed E-state index contributed by atoms with van der Waals surface area (Å²) >= 11 is 0. The van der Waals surface area contributed by atoms with Gasteiger partial charge in [0.25, 0.3) is 0 Å². The summed E-state index contributed by atoms with van der Waals surface area (Å²) in [4.78, 5) is 25.5. The van der Waals surface area contributed by atoms with E-state index in [1.165, 1.54) is 6.92 Å². The number of amides is 2. The van der Waals surface area contributed by atoms with Crippen LogP contribution in [0.5, 0.6) is 0 Å². The van der Waals surface area contributed by atoms with E-state index in [0.717, 1.165) is 19.3 Å². The lowest BCUT2D eigenvalue weighted by molar-refractivity contribution is 0.101. The summed E-state index contributed by atoms with van der Waals surface area (Å²) < 4.78 is 0. The number of piperidine rings is 1. The van der Waals surface area contributed by atoms with E-state index >= 15 is 0 Å². The monoisotopic (exact) mass is 290 g/mol. The average Bonchev–Trinajstić information content (AvgIpc) is 2.48. The molecule has 0 spiro atoms. The molecule has 2 rings (SSSR count). The highest BCUT2D eigenvalue weighted by Gasteiger charge is 2.26. The minimum Gasteiger partial charge on any atom is -0.396 e. The van der Waals surface area contributed by atoms with Crippen LogP contribution in [0.25, 0.3) is 0 Å². The molecule has 1 unspecified atom stereocenters. The molecule has 2 amide bonds. The molecular formula is C16H22N2O3. The van der Waals surface area contributed by atoms with Gasteiger partial charge in [-0.25, -0.2) is 4.79 Å². The summed E-state index contributed by atoms with van der Waals surface area (Å²) in [5.74, 6) is -0.0257. The van der Waals surface area contributed by atoms with Crippen LogP contribution in [0, 0.1) is 0 Å². The number of nitrogens with zero attached hydrogens (tertiary/aromatic N) is 1. The number of carbonyl (C=O) groups excluding carboxylic acids is 2. The number of benzene rings is 1. The van der Waals surface area contributed by atoms with Crippen molar-refractivity contribution >= 4 is 17.5 Å². The van der Waals surface area contributed by atoms with Gasteiger partial charge in [0.2, 0.25) is 0 Å². The van der Waals surface area contributed by atoms with Crippen LogP contribution >= 0.6 is 0 Å². The highest BCUT2D eigenvalue weighted by atomic mass is 16.3. The maximum absolute atomic E-state index is 12.4. The Morgan fingerprint density at radius 3 is 2.90 bits per heavy atom. The van der Waals surface area contributed by atoms with Crippen LogP contribution in [0.15, 0.2) is 24.3 Å². The number of rotatable bonds is 4. The third kappa shape index (κ3) is 4.04. The number of aliphatic hydroxyl groups is 1. The lowest BCUT2D eigenvalue weighted by atomic mass is 10.00. The van der Waals surface area contributed by atoms with Crippen molar-refractivity contribution in [1.82, 2.24) is 4.90 Å². The lowest BCUT2D eigenvalue weighted by Crippen LogP contribution is -2.46. The molecule has 1 aliphatic rings. The molecule has 1 saturated heterocycles. The fraction of sp³-hybridized carbons (Fsp3) is 0.500. The summed E-state index contributed by atoms with van der Waals surface area (Å²) in [6.07, 6.45) is 3.62. The first-order chi connectivity index (χ1) is 10.1. The van der Waals surface area contributed by atoms with Crippen molar-refractivity contribution < 1.29 is 14.7 Å². The maximum atomic E-state index is 12.4. The molecule has 0 radical (unpaired) electrons. The minimum absolute atomic E-state index is 0.0257. The second-order valence-electron chi connectivity index (χ2n) is 5.42. The number of urea groups is 1. The van der Waals surface area contributed by atoms with Gasteiger partial charge in [-0.3, -0.25) is 4.79 Å². The number of hydrogen-bond donors (Lipinski definition) is 2. The molecule has 1 aromatic rings. The lowest BCUT2D eigenvalue weighted by Gasteiger charge is -2.35. The highest BCUT2D eigenvalue weighted by Crippen LogP contribution is 2.21. The van der Waals surface area contributed by atoms with Crippen molar-refractivity contribution in [3.63, 3.8) is 0 Å². The molecule has 1 aromatic carbocycles. The van der Waals surface area contributed by atoms with Crippen LogP contribution < -0.4 is 5.32 Å². The van der Waals surface area contributed by atoms with Gasteiger partial charge in [0.15, 0.2) is 5.78 Å². The molecule has 21 heavy (non-hydrogen) atoms. The van der Waals surface area contributed by atoms with Gasteiger partial charge in [-0.1, -0.05) is 12.1 Å². The van der Waals surface area contributed by atoms with E-state index in [4.69, 9.17) is 5.11 Å². The minimum atomic E-state index is -0.158. The van der Waals surface area contributed by atoms with Gasteiger partial charge < -0.3 is 15.3 Å². The second kappa shape index (κ2) is 7.22. The number of aliphatic hydroxyl groups excluding tert-OH is 1. The summed E-state index contributed by atoms with van der Waals surface area (Å²) in [6, 6.07) is 6.88. The van der Waals surface area contributed by atoms with Gasteiger partial charge in [-0.05, 0) is 44.7 Å². The van der Waals surface area contributed by atoms with Crippen LogP contribution in [0.1, 0.15) is 43.0 Å². The molecule has 1 aliphatic heterocycles. The van der Waals surface area contributed by atoms with E-state index in [-0.39, 0.29) is 24.5 Å². The molecule has 0 bridgehead atoms. The molecular weight excluding hydrogens is 268 g/mol. The fourth-order valence-electron chi connectivity index (χ4n) is 2.73. The van der Waals surface area contributed by atoms with Crippen molar-refractivity contribution in [3.05, 3.63) is 29.8 Å². The van der Waals surface area contributed by atoms with Gasteiger partial charge in [0, 0.05) is 30.4 Å². The summed E-state index contributed by atoms with van der Waals surface area (Å²) in [6.45, 7) is 2.31. The Balaban J connectivity index is 2.05. The Kier molecular flexibility index (Phi) is 5.33. The number of likely N-dealkylation sites (tertiary alicyclic amines) is 1. The van der Waals surface area contributed by atoms with Crippen molar-refractivity contribution in [2.24, 2.45) is 0 Å². The summed E-state index contributed by atoms with van der Waals surface area (Å²) in [7, 11) is 0. The number of hydrogen-bond acceptors (Lipinski definition) is 3. The number of nitrogens with one attached hydrogen (secondary N) is 1. The zero-order valence-corrected chi connectivity index (χ0v) is 12.3. The number of ketones is 1. The van der Waals surface area contributed by atoms with E-state index in [1.54, 1.807) is 29.2 Å². The van der Waals surface area contributed by atoms with E-state index < -0.39 is 0 Å². The molecule has 5 heteroatoms. The Morgan fingerprint density at radius 1 is 1.38 bits per heavy atom. The molecule has 0 aliphatic carbocycles. The van der Waals surface area contributed by atoms with Gasteiger partial charge in [0.1, 0.15) is 0 Å². The number of Topliss-reactive ketones (excluding diaryl/α,β-unsaturated/α-hetero) is 1. The smallest absolute Gasteiger partial charge is 0.322 e. The van der Waals surface area contributed by atoms with Crippen molar-refractivity contribution in [1.29, 1.82) is 0 Å². The molecule has 0 aromatic heterocycles. The van der Waals surface area contributed by atoms with Crippen LogP contribution in [0.4, 0.5) is 10.5 Å². The molecule has 0 saturated carbocycles. The Morgan fingerprint density at radius 2 is 2.19 bits per heavy atom. The third-order valence-corrected chi connectivity index (χ3v) is 3.87. The van der Waals surface area contributed by atoms with Crippen molar-refractivity contribution in [2.45, 2.75) is 38.6 Å². The molecule has 1 atom stereocenters. The van der Waals surface area contributed by atoms with E-state index in [9.17, 15) is 9.59 Å². The Hall–Kier alpha value is -1.88. The van der Waals surface area contributed by atoms with Crippen LogP contribution in [-0.4, -0.2) is 41.0 Å². The Labute approximate surface area is 125 Å². The van der Waals surface area contributed by atoms with E-state index in [0.29, 0.717) is 24.2 Å². The summed E-state index contributed by atoms with van der Waals surface area (Å²) in [5.41, 5.74) is 1.21. The third-order valence-electron chi connectivity index (χ3n) is 3.87. The average molecular weight is 290 g/mol. The molecule has 1 fully saturated rings. The zero-order chi connectivity index (χ0) is 15.2. The van der Waals surface area contributed by atoms with Gasteiger partial charge >= 0.3 is 6.03 Å². The normalized spacial score (nSPS) is 18.4. The SMILES string of the molecule is CC(=O)c1cccc(NC(=O)N2CCCCC2CCO)c1. The van der Waals surface area contributed by atoms with E-state index in [1.807, 2.05) is 0 Å². The molecule has 5 nitrogen and oxygen atoms in total. The topological polar surface area (TPSA) is 69.6 Å². The first-order valence-electron chi connectivity index (χ1n) is 7.41. The van der Waals surface area contributed by atoms with Crippen LogP contribution in [0.2, 0.25) is 0 Å². The fourth-order valence-corrected chi connectivity index (χ4v) is 2.73. The van der Waals surface area contributed by atoms with Crippen LogP contribution in [-0.2, 0) is 0 Å². The predicted molar refractivity (Wildman–Crippen MR) is 81.5 cm³/mol. The van der Waals surface area contributed by atoms with E-state index in [2.05, 4.69) is 5.32 Å². The van der Waals surface area contributed by atoms with Gasteiger partial charge in [-0.2, -0.15) is 0 Å². The van der Waals surface area contributed by atoms with Gasteiger partial charge in [-0.15, -0.1) is 0 Å². The quantitative estimate of drug-likeness (QED) is 0.838. The predicted octanol–water partition coefficient (Wildman–Crippen LogP) is 2.66. The van der Waals surface area contributed by atoms with Gasteiger partial charge in [0.05, 0.1) is 0 Å². The number of carbonyl (C=O) groups is 2.